The van der Waals surface area contributed by atoms with Crippen molar-refractivity contribution in [3.8, 4) is 0 Å². The van der Waals surface area contributed by atoms with Crippen molar-refractivity contribution in [2.75, 3.05) is 13.2 Å². The van der Waals surface area contributed by atoms with Gasteiger partial charge in [-0.2, -0.15) is 0 Å². The van der Waals surface area contributed by atoms with E-state index in [1.807, 2.05) is 128 Å². The summed E-state index contributed by atoms with van der Waals surface area (Å²) in [6.45, 7) is 6.85. The number of fused-ring (bicyclic) bond motifs is 1. The molecule has 0 spiro atoms. The van der Waals surface area contributed by atoms with Crippen LogP contribution in [0, 0.1) is 5.92 Å². The zero-order chi connectivity index (χ0) is 37.3. The van der Waals surface area contributed by atoms with Gasteiger partial charge < -0.3 is 42.6 Å². The lowest BCUT2D eigenvalue weighted by Gasteiger charge is -2.51. The van der Waals surface area contributed by atoms with Crippen molar-refractivity contribution in [3.63, 3.8) is 0 Å². The van der Waals surface area contributed by atoms with Crippen LogP contribution in [0.2, 0.25) is 0 Å². The Bertz CT molecular complexity index is 1710. The Labute approximate surface area is 317 Å². The van der Waals surface area contributed by atoms with Crippen LogP contribution in [0.5, 0.6) is 0 Å². The van der Waals surface area contributed by atoms with E-state index in [9.17, 15) is 4.79 Å². The summed E-state index contributed by atoms with van der Waals surface area (Å²) in [5, 5.41) is 0. The predicted molar refractivity (Wildman–Crippen MR) is 199 cm³/mol. The van der Waals surface area contributed by atoms with E-state index in [4.69, 9.17) is 42.6 Å². The quantitative estimate of drug-likeness (QED) is 0.126. The van der Waals surface area contributed by atoms with Gasteiger partial charge in [0.1, 0.15) is 30.5 Å². The van der Waals surface area contributed by atoms with Crippen LogP contribution in [0.1, 0.15) is 49.3 Å². The van der Waals surface area contributed by atoms with Crippen LogP contribution < -0.4 is 0 Å². The molecule has 3 heterocycles. The fraction of sp³-hybridized carbons (Fsp3) is 0.432. The smallest absolute Gasteiger partial charge is 0.303 e. The van der Waals surface area contributed by atoms with E-state index in [1.165, 1.54) is 6.92 Å². The molecule has 286 valence electrons. The molecule has 10 nitrogen and oxygen atoms in total. The second kappa shape index (κ2) is 18.6. The highest BCUT2D eigenvalue weighted by atomic mass is 16.8. The van der Waals surface area contributed by atoms with Gasteiger partial charge in [0.05, 0.1) is 45.2 Å². The lowest BCUT2D eigenvalue weighted by Crippen LogP contribution is -2.65. The molecule has 6 unspecified atom stereocenters. The Morgan fingerprint density at radius 2 is 1.20 bits per heavy atom. The van der Waals surface area contributed by atoms with E-state index in [0.29, 0.717) is 13.2 Å². The van der Waals surface area contributed by atoms with Crippen molar-refractivity contribution >= 4 is 5.97 Å². The third kappa shape index (κ3) is 9.63. The highest BCUT2D eigenvalue weighted by molar-refractivity contribution is 5.66. The molecule has 11 atom stereocenters. The number of carbonyl (C=O) groups excluding carboxylic acids is 1. The minimum Gasteiger partial charge on any atom is -0.454 e. The van der Waals surface area contributed by atoms with Gasteiger partial charge >= 0.3 is 5.97 Å². The molecule has 10 heteroatoms. The molecule has 0 aliphatic carbocycles. The lowest BCUT2D eigenvalue weighted by molar-refractivity contribution is -0.370. The maximum absolute atomic E-state index is 12.9. The van der Waals surface area contributed by atoms with E-state index in [0.717, 1.165) is 22.3 Å². The summed E-state index contributed by atoms with van der Waals surface area (Å²) in [5.74, 6) is -0.616. The van der Waals surface area contributed by atoms with Crippen molar-refractivity contribution in [2.45, 2.75) is 102 Å². The predicted octanol–water partition coefficient (Wildman–Crippen LogP) is 6.95. The van der Waals surface area contributed by atoms with Crippen LogP contribution in [-0.2, 0) is 67.2 Å². The summed E-state index contributed by atoms with van der Waals surface area (Å²) < 4.78 is 58.9. The number of benzene rings is 4. The molecule has 0 bridgehead atoms. The van der Waals surface area contributed by atoms with E-state index in [2.05, 4.69) is 6.92 Å². The Morgan fingerprint density at radius 1 is 0.648 bits per heavy atom. The second-order valence-electron chi connectivity index (χ2n) is 14.2. The van der Waals surface area contributed by atoms with Crippen LogP contribution >= 0.6 is 0 Å². The van der Waals surface area contributed by atoms with Crippen LogP contribution in [-0.4, -0.2) is 74.3 Å². The van der Waals surface area contributed by atoms with E-state index in [-0.39, 0.29) is 37.9 Å². The molecular weight excluding hydrogens is 688 g/mol. The lowest BCUT2D eigenvalue weighted by atomic mass is 9.87. The van der Waals surface area contributed by atoms with Gasteiger partial charge in [0, 0.05) is 18.4 Å². The zero-order valence-electron chi connectivity index (χ0n) is 31.0. The zero-order valence-corrected chi connectivity index (χ0v) is 31.0. The van der Waals surface area contributed by atoms with Crippen molar-refractivity contribution in [1.82, 2.24) is 0 Å². The van der Waals surface area contributed by atoms with Crippen molar-refractivity contribution in [1.29, 1.82) is 0 Å². The standard InChI is InChI=1S/C44H50O10/c1-29-30(2)50-37-28-49-43(35-22-14-7-15-23-35)54-40(37)38(29)53-44-42(51-31(3)45)41(48-26-34-20-12-6-13-21-34)39(47-25-33-18-10-5-11-19-33)36(52-44)27-46-24-32-16-8-4-9-17-32/h4-23,29-30,36-44H,24-28H2,1-3H3/t29?,30-,36-,37?,38?,39-,40-,41?,42?,43?,44-/m1/s1. The number of rotatable bonds is 14. The first-order valence-corrected chi connectivity index (χ1v) is 18.8. The number of esters is 1. The molecule has 0 N–H and O–H groups in total. The average Bonchev–Trinajstić information content (AvgIpc) is 3.20. The summed E-state index contributed by atoms with van der Waals surface area (Å²) in [7, 11) is 0. The third-order valence-corrected chi connectivity index (χ3v) is 10.3. The summed E-state index contributed by atoms with van der Waals surface area (Å²) in [5.41, 5.74) is 3.86. The summed E-state index contributed by atoms with van der Waals surface area (Å²) >= 11 is 0. The van der Waals surface area contributed by atoms with Gasteiger partial charge in [-0.3, -0.25) is 4.79 Å². The van der Waals surface area contributed by atoms with Crippen LogP contribution in [0.15, 0.2) is 121 Å². The summed E-state index contributed by atoms with van der Waals surface area (Å²) in [6, 6.07) is 39.5. The van der Waals surface area contributed by atoms with E-state index < -0.39 is 55.2 Å². The fourth-order valence-corrected chi connectivity index (χ4v) is 7.29. The van der Waals surface area contributed by atoms with Crippen LogP contribution in [0.25, 0.3) is 0 Å². The van der Waals surface area contributed by atoms with Gasteiger partial charge in [-0.15, -0.1) is 0 Å². The second-order valence-corrected chi connectivity index (χ2v) is 14.2. The molecular formula is C44H50O10. The number of ether oxygens (including phenoxy) is 9. The van der Waals surface area contributed by atoms with Gasteiger partial charge in [0.15, 0.2) is 18.7 Å². The molecule has 0 aromatic heterocycles. The fourth-order valence-electron chi connectivity index (χ4n) is 7.29. The monoisotopic (exact) mass is 738 g/mol. The van der Waals surface area contributed by atoms with E-state index >= 15 is 0 Å². The maximum Gasteiger partial charge on any atom is 0.303 e. The Morgan fingerprint density at radius 3 is 1.80 bits per heavy atom. The minimum atomic E-state index is -1.06. The Hall–Kier alpha value is -3.97. The maximum atomic E-state index is 12.9. The largest absolute Gasteiger partial charge is 0.454 e. The van der Waals surface area contributed by atoms with Crippen LogP contribution in [0.3, 0.4) is 0 Å². The molecule has 0 amide bonds. The third-order valence-electron chi connectivity index (χ3n) is 10.3. The molecule has 3 saturated heterocycles. The highest BCUT2D eigenvalue weighted by Gasteiger charge is 2.54. The van der Waals surface area contributed by atoms with E-state index in [1.54, 1.807) is 0 Å². The highest BCUT2D eigenvalue weighted by Crippen LogP contribution is 2.40. The normalized spacial score (nSPS) is 31.0. The summed E-state index contributed by atoms with van der Waals surface area (Å²) in [4.78, 5) is 12.9. The molecule has 0 radical (unpaired) electrons. The van der Waals surface area contributed by atoms with Crippen molar-refractivity contribution in [2.24, 2.45) is 5.92 Å². The molecule has 3 aliphatic rings. The Balaban J connectivity index is 1.20. The molecule has 4 aromatic carbocycles. The average molecular weight is 739 g/mol. The first kappa shape index (κ1) is 38.3. The van der Waals surface area contributed by atoms with Crippen molar-refractivity contribution in [3.05, 3.63) is 144 Å². The molecule has 3 fully saturated rings. The Kier molecular flexibility index (Phi) is 13.2. The molecule has 4 aromatic rings. The van der Waals surface area contributed by atoms with Gasteiger partial charge in [0.25, 0.3) is 0 Å². The van der Waals surface area contributed by atoms with Crippen LogP contribution in [0.4, 0.5) is 0 Å². The molecule has 0 saturated carbocycles. The van der Waals surface area contributed by atoms with Gasteiger partial charge in [0.2, 0.25) is 0 Å². The molecule has 7 rings (SSSR count). The molecule has 3 aliphatic heterocycles. The number of hydrogen-bond donors (Lipinski definition) is 0. The van der Waals surface area contributed by atoms with Gasteiger partial charge in [-0.1, -0.05) is 128 Å². The van der Waals surface area contributed by atoms with Gasteiger partial charge in [-0.05, 0) is 23.6 Å². The molecule has 54 heavy (non-hydrogen) atoms. The van der Waals surface area contributed by atoms with Gasteiger partial charge in [-0.25, -0.2) is 0 Å². The first-order valence-electron chi connectivity index (χ1n) is 18.8. The van der Waals surface area contributed by atoms with Crippen molar-refractivity contribution < 1.29 is 47.4 Å². The summed E-state index contributed by atoms with van der Waals surface area (Å²) in [6.07, 6.45) is -6.38. The minimum absolute atomic E-state index is 0.120. The number of hydrogen-bond acceptors (Lipinski definition) is 10. The first-order chi connectivity index (χ1) is 26.4. The SMILES string of the molecule is CC(=O)OC1C(OCc2ccccc2)[C@H](OCc2ccccc2)[C@@H](COCc2ccccc2)O[C@@H]1OC1C(C)[C@@H](C)OC2COC(c3ccccc3)O[C@H]21. The topological polar surface area (TPSA) is 100 Å². The number of carbonyl (C=O) groups is 1.